The third-order valence-electron chi connectivity index (χ3n) is 3.50. The van der Waals surface area contributed by atoms with Gasteiger partial charge in [0.2, 0.25) is 0 Å². The maximum Gasteiger partial charge on any atom is 0.325 e. The Morgan fingerprint density at radius 2 is 1.00 bits per heavy atom. The van der Waals surface area contributed by atoms with E-state index in [4.69, 9.17) is 0 Å². The molecule has 0 spiro atoms. The van der Waals surface area contributed by atoms with E-state index >= 15 is 0 Å². The molecule has 5 heteroatoms. The number of imide groups is 1. The summed E-state index contributed by atoms with van der Waals surface area (Å²) in [4.78, 5) is 27.1. The van der Waals surface area contributed by atoms with Gasteiger partial charge in [-0.2, -0.15) is 0 Å². The largest absolute Gasteiger partial charge is 0.325 e. The fraction of sp³-hybridized carbons (Fsp3) is 0.833. The minimum absolute atomic E-state index is 0.222. The summed E-state index contributed by atoms with van der Waals surface area (Å²) in [5, 5.41) is 2.49. The van der Waals surface area contributed by atoms with Crippen LogP contribution in [0.15, 0.2) is 0 Å². The van der Waals surface area contributed by atoms with Gasteiger partial charge >= 0.3 is 12.1 Å². The number of rotatable bonds is 0. The molecule has 2 fully saturated rings. The number of urea groups is 2. The zero-order valence-corrected chi connectivity index (χ0v) is 10.3. The molecule has 0 aromatic heterocycles. The molecule has 4 amide bonds. The standard InChI is InChI=1S/C12H21N3O2/c16-11(14-7-3-1-4-8-14)13-12(17)15-9-5-2-6-10-15/h1-10H2,(H,13,16,17). The zero-order valence-electron chi connectivity index (χ0n) is 10.3. The highest BCUT2D eigenvalue weighted by Crippen LogP contribution is 2.10. The summed E-state index contributed by atoms with van der Waals surface area (Å²) in [5.74, 6) is 0. The molecule has 2 rings (SSSR count). The van der Waals surface area contributed by atoms with Crippen molar-refractivity contribution in [3.05, 3.63) is 0 Å². The summed E-state index contributed by atoms with van der Waals surface area (Å²) in [6, 6.07) is -0.444. The zero-order chi connectivity index (χ0) is 12.1. The Kier molecular flexibility index (Phi) is 4.23. The highest BCUT2D eigenvalue weighted by Gasteiger charge is 2.22. The first-order valence-electron chi connectivity index (χ1n) is 6.62. The Bertz CT molecular complexity index is 253. The highest BCUT2D eigenvalue weighted by atomic mass is 16.2. The van der Waals surface area contributed by atoms with E-state index in [1.165, 1.54) is 12.8 Å². The molecular weight excluding hydrogens is 218 g/mol. The van der Waals surface area contributed by atoms with Crippen molar-refractivity contribution in [1.29, 1.82) is 0 Å². The Morgan fingerprint density at radius 3 is 1.35 bits per heavy atom. The summed E-state index contributed by atoms with van der Waals surface area (Å²) in [7, 11) is 0. The highest BCUT2D eigenvalue weighted by molar-refractivity contribution is 5.93. The Labute approximate surface area is 102 Å². The summed E-state index contributed by atoms with van der Waals surface area (Å²) in [6.45, 7) is 3.11. The summed E-state index contributed by atoms with van der Waals surface area (Å²) >= 11 is 0. The van der Waals surface area contributed by atoms with E-state index in [0.29, 0.717) is 0 Å². The molecular formula is C12H21N3O2. The third kappa shape index (κ3) is 3.35. The van der Waals surface area contributed by atoms with Gasteiger partial charge in [-0.1, -0.05) is 0 Å². The van der Waals surface area contributed by atoms with Crippen molar-refractivity contribution >= 4 is 12.1 Å². The van der Waals surface area contributed by atoms with E-state index < -0.39 is 0 Å². The van der Waals surface area contributed by atoms with E-state index in [2.05, 4.69) is 5.32 Å². The number of amides is 4. The number of hydrogen-bond donors (Lipinski definition) is 1. The molecule has 1 N–H and O–H groups in total. The van der Waals surface area contributed by atoms with Crippen molar-refractivity contribution < 1.29 is 9.59 Å². The van der Waals surface area contributed by atoms with E-state index in [1.807, 2.05) is 0 Å². The van der Waals surface area contributed by atoms with Gasteiger partial charge in [0.1, 0.15) is 0 Å². The summed E-state index contributed by atoms with van der Waals surface area (Å²) < 4.78 is 0. The van der Waals surface area contributed by atoms with Gasteiger partial charge in [0.15, 0.2) is 0 Å². The average molecular weight is 239 g/mol. The molecule has 0 aromatic carbocycles. The number of carbonyl (C=O) groups excluding carboxylic acids is 2. The maximum atomic E-state index is 11.8. The molecule has 0 atom stereocenters. The van der Waals surface area contributed by atoms with Crippen LogP contribution in [0.1, 0.15) is 38.5 Å². The van der Waals surface area contributed by atoms with Gasteiger partial charge in [0.25, 0.3) is 0 Å². The van der Waals surface area contributed by atoms with Crippen molar-refractivity contribution in [3.8, 4) is 0 Å². The fourth-order valence-corrected chi connectivity index (χ4v) is 2.44. The van der Waals surface area contributed by atoms with E-state index in [9.17, 15) is 9.59 Å². The smallest absolute Gasteiger partial charge is 0.324 e. The second-order valence-corrected chi connectivity index (χ2v) is 4.83. The maximum absolute atomic E-state index is 11.8. The molecule has 0 unspecified atom stereocenters. The molecule has 17 heavy (non-hydrogen) atoms. The molecule has 2 heterocycles. The molecule has 2 aliphatic heterocycles. The molecule has 5 nitrogen and oxygen atoms in total. The lowest BCUT2D eigenvalue weighted by Gasteiger charge is -2.30. The molecule has 0 aromatic rings. The first kappa shape index (κ1) is 12.2. The quantitative estimate of drug-likeness (QED) is 0.700. The van der Waals surface area contributed by atoms with Gasteiger partial charge in [0, 0.05) is 26.2 Å². The lowest BCUT2D eigenvalue weighted by molar-refractivity contribution is 0.168. The van der Waals surface area contributed by atoms with Crippen LogP contribution in [-0.2, 0) is 0 Å². The van der Waals surface area contributed by atoms with E-state index in [0.717, 1.165) is 51.9 Å². The van der Waals surface area contributed by atoms with Crippen LogP contribution in [-0.4, -0.2) is 48.0 Å². The second-order valence-electron chi connectivity index (χ2n) is 4.83. The van der Waals surface area contributed by atoms with Crippen LogP contribution in [0.2, 0.25) is 0 Å². The van der Waals surface area contributed by atoms with Crippen molar-refractivity contribution in [2.24, 2.45) is 0 Å². The van der Waals surface area contributed by atoms with Gasteiger partial charge in [-0.05, 0) is 38.5 Å². The molecule has 0 aliphatic carbocycles. The second kappa shape index (κ2) is 5.89. The molecule has 96 valence electrons. The lowest BCUT2D eigenvalue weighted by Crippen LogP contribution is -2.50. The van der Waals surface area contributed by atoms with Crippen LogP contribution in [0.25, 0.3) is 0 Å². The molecule has 2 aliphatic rings. The molecule has 0 radical (unpaired) electrons. The normalized spacial score (nSPS) is 21.2. The van der Waals surface area contributed by atoms with Crippen molar-refractivity contribution in [1.82, 2.24) is 15.1 Å². The van der Waals surface area contributed by atoms with Crippen LogP contribution >= 0.6 is 0 Å². The van der Waals surface area contributed by atoms with Crippen LogP contribution in [0.3, 0.4) is 0 Å². The number of nitrogens with one attached hydrogen (secondary N) is 1. The molecule has 0 saturated carbocycles. The van der Waals surface area contributed by atoms with Crippen LogP contribution in [0, 0.1) is 0 Å². The topological polar surface area (TPSA) is 52.7 Å². The van der Waals surface area contributed by atoms with E-state index in [1.54, 1.807) is 9.80 Å². The predicted octanol–water partition coefficient (Wildman–Crippen LogP) is 1.79. The molecule has 2 saturated heterocycles. The number of carbonyl (C=O) groups is 2. The number of nitrogens with zero attached hydrogens (tertiary/aromatic N) is 2. The fourth-order valence-electron chi connectivity index (χ4n) is 2.44. The Balaban J connectivity index is 1.78. The number of hydrogen-bond acceptors (Lipinski definition) is 2. The predicted molar refractivity (Wildman–Crippen MR) is 64.8 cm³/mol. The van der Waals surface area contributed by atoms with Gasteiger partial charge in [-0.25, -0.2) is 9.59 Å². The summed E-state index contributed by atoms with van der Waals surface area (Å²) in [5.41, 5.74) is 0. The minimum Gasteiger partial charge on any atom is -0.324 e. The number of likely N-dealkylation sites (tertiary alicyclic amines) is 2. The van der Waals surface area contributed by atoms with Gasteiger partial charge in [-0.15, -0.1) is 0 Å². The third-order valence-corrected chi connectivity index (χ3v) is 3.50. The van der Waals surface area contributed by atoms with Gasteiger partial charge < -0.3 is 9.80 Å². The van der Waals surface area contributed by atoms with Crippen molar-refractivity contribution in [2.75, 3.05) is 26.2 Å². The van der Waals surface area contributed by atoms with Crippen LogP contribution < -0.4 is 5.32 Å². The Hall–Kier alpha value is -1.26. The van der Waals surface area contributed by atoms with Crippen LogP contribution in [0.5, 0.6) is 0 Å². The monoisotopic (exact) mass is 239 g/mol. The average Bonchev–Trinajstić information content (AvgIpc) is 2.40. The van der Waals surface area contributed by atoms with Crippen molar-refractivity contribution in [3.63, 3.8) is 0 Å². The lowest BCUT2D eigenvalue weighted by atomic mass is 10.1. The van der Waals surface area contributed by atoms with Gasteiger partial charge in [0.05, 0.1) is 0 Å². The first-order chi connectivity index (χ1) is 8.27. The first-order valence-corrected chi connectivity index (χ1v) is 6.62. The van der Waals surface area contributed by atoms with Gasteiger partial charge in [-0.3, -0.25) is 5.32 Å². The van der Waals surface area contributed by atoms with Crippen LogP contribution in [0.4, 0.5) is 9.59 Å². The minimum atomic E-state index is -0.222. The Morgan fingerprint density at radius 1 is 0.647 bits per heavy atom. The van der Waals surface area contributed by atoms with Crippen molar-refractivity contribution in [2.45, 2.75) is 38.5 Å². The summed E-state index contributed by atoms with van der Waals surface area (Å²) in [6.07, 6.45) is 6.56. The number of piperidine rings is 2. The van der Waals surface area contributed by atoms with E-state index in [-0.39, 0.29) is 12.1 Å². The SMILES string of the molecule is O=C(NC(=O)N1CCCCC1)N1CCCCC1. The molecule has 0 bridgehead atoms.